The van der Waals surface area contributed by atoms with E-state index in [2.05, 4.69) is 18.4 Å². The number of aliphatic hydroxyl groups excluding tert-OH is 2. The Hall–Kier alpha value is -1.03. The minimum absolute atomic E-state index is 0.191. The van der Waals surface area contributed by atoms with Gasteiger partial charge in [-0.05, 0) is 12.8 Å². The molecular weight excluding hydrogens is 575 g/mol. The smallest absolute Gasteiger partial charge is 0.462 e. The number of rotatable bonds is 32. The highest BCUT2D eigenvalue weighted by Crippen LogP contribution is 2.43. The van der Waals surface area contributed by atoms with E-state index in [4.69, 9.17) is 19.1 Å². The molecule has 0 aliphatic carbocycles. The summed E-state index contributed by atoms with van der Waals surface area (Å²) in [7, 11) is -4.59. The molecule has 0 fully saturated rings. The number of hydrogen-bond donors (Lipinski definition) is 3. The molecule has 0 aromatic carbocycles. The van der Waals surface area contributed by atoms with Crippen LogP contribution >= 0.6 is 7.82 Å². The zero-order valence-corrected chi connectivity index (χ0v) is 28.1. The molecule has 11 heteroatoms. The van der Waals surface area contributed by atoms with E-state index >= 15 is 0 Å². The molecule has 0 saturated heterocycles. The number of esters is 2. The summed E-state index contributed by atoms with van der Waals surface area (Å²) in [6.07, 6.45) is 20.9. The van der Waals surface area contributed by atoms with Gasteiger partial charge in [-0.25, -0.2) is 4.57 Å². The Kier molecular flexibility index (Phi) is 29.0. The summed E-state index contributed by atoms with van der Waals surface area (Å²) in [5, 5.41) is 18.2. The molecule has 0 aromatic rings. The van der Waals surface area contributed by atoms with Crippen molar-refractivity contribution < 1.29 is 47.8 Å². The minimum Gasteiger partial charge on any atom is -0.462 e. The van der Waals surface area contributed by atoms with E-state index in [1.54, 1.807) is 0 Å². The Bertz CT molecular complexity index is 706. The van der Waals surface area contributed by atoms with Gasteiger partial charge in [-0.15, -0.1) is 0 Å². The van der Waals surface area contributed by atoms with Crippen LogP contribution in [0.2, 0.25) is 0 Å². The van der Waals surface area contributed by atoms with E-state index in [0.717, 1.165) is 38.5 Å². The lowest BCUT2D eigenvalue weighted by atomic mass is 10.0. The molecule has 0 amide bonds. The molecule has 1 unspecified atom stereocenters. The van der Waals surface area contributed by atoms with Crippen molar-refractivity contribution in [2.75, 3.05) is 26.4 Å². The quantitative estimate of drug-likeness (QED) is 0.0383. The van der Waals surface area contributed by atoms with Crippen molar-refractivity contribution in [3.05, 3.63) is 0 Å². The molecular formula is C32H63O10P. The highest BCUT2D eigenvalue weighted by Gasteiger charge is 2.27. The molecule has 3 N–H and O–H groups in total. The molecule has 10 nitrogen and oxygen atoms in total. The van der Waals surface area contributed by atoms with E-state index < -0.39 is 51.8 Å². The van der Waals surface area contributed by atoms with Gasteiger partial charge in [-0.2, -0.15) is 0 Å². The van der Waals surface area contributed by atoms with Crippen molar-refractivity contribution in [1.82, 2.24) is 0 Å². The van der Waals surface area contributed by atoms with Crippen LogP contribution in [0.3, 0.4) is 0 Å². The average molecular weight is 639 g/mol. The van der Waals surface area contributed by atoms with Crippen molar-refractivity contribution in [2.24, 2.45) is 0 Å². The predicted octanol–water partition coefficient (Wildman–Crippen LogP) is 7.55. The van der Waals surface area contributed by atoms with Crippen molar-refractivity contribution in [3.63, 3.8) is 0 Å². The summed E-state index contributed by atoms with van der Waals surface area (Å²) < 4.78 is 32.4. The third kappa shape index (κ3) is 29.4. The summed E-state index contributed by atoms with van der Waals surface area (Å²) in [5.74, 6) is -0.924. The number of carbonyl (C=O) groups is 2. The normalized spacial score (nSPS) is 14.3. The largest absolute Gasteiger partial charge is 0.472 e. The topological polar surface area (TPSA) is 149 Å². The molecule has 0 radical (unpaired) electrons. The number of unbranched alkanes of at least 4 members (excludes halogenated alkanes) is 18. The van der Waals surface area contributed by atoms with E-state index in [9.17, 15) is 24.2 Å². The Labute approximate surface area is 261 Å². The fourth-order valence-corrected chi connectivity index (χ4v) is 5.37. The van der Waals surface area contributed by atoms with Crippen molar-refractivity contribution in [3.8, 4) is 0 Å². The van der Waals surface area contributed by atoms with Gasteiger partial charge in [0, 0.05) is 12.8 Å². The van der Waals surface area contributed by atoms with Gasteiger partial charge in [0.25, 0.3) is 0 Å². The number of phosphoric acid groups is 1. The zero-order valence-electron chi connectivity index (χ0n) is 27.2. The maximum Gasteiger partial charge on any atom is 0.472 e. The van der Waals surface area contributed by atoms with Crippen LogP contribution in [0.5, 0.6) is 0 Å². The second kappa shape index (κ2) is 29.7. The van der Waals surface area contributed by atoms with Crippen LogP contribution < -0.4 is 0 Å². The molecule has 0 aliphatic rings. The van der Waals surface area contributed by atoms with E-state index in [1.807, 2.05) is 0 Å². The highest BCUT2D eigenvalue weighted by atomic mass is 31.2. The number of ether oxygens (including phenoxy) is 2. The SMILES string of the molecule is CCCCCCCCCCCCCCC(=O)O[C@H](COC(=O)CCCCCCCCCC)COP(=O)(O)OC[C@@H](O)CO. The zero-order chi connectivity index (χ0) is 32.0. The molecule has 43 heavy (non-hydrogen) atoms. The maximum absolute atomic E-state index is 12.5. The lowest BCUT2D eigenvalue weighted by molar-refractivity contribution is -0.161. The number of carbonyl (C=O) groups excluding carboxylic acids is 2. The van der Waals surface area contributed by atoms with Crippen molar-refractivity contribution >= 4 is 19.8 Å². The van der Waals surface area contributed by atoms with Crippen LogP contribution in [0, 0.1) is 0 Å². The fourth-order valence-electron chi connectivity index (χ4n) is 4.58. The van der Waals surface area contributed by atoms with E-state index in [0.29, 0.717) is 12.8 Å². The lowest BCUT2D eigenvalue weighted by Gasteiger charge is -2.20. The second-order valence-electron chi connectivity index (χ2n) is 11.6. The minimum atomic E-state index is -4.59. The second-order valence-corrected chi connectivity index (χ2v) is 13.0. The van der Waals surface area contributed by atoms with Gasteiger partial charge >= 0.3 is 19.8 Å². The van der Waals surface area contributed by atoms with Gasteiger partial charge < -0.3 is 24.6 Å². The standard InChI is InChI=1S/C32H63O10P/c1-3-5-7-9-11-13-14-15-16-18-20-22-24-32(36)42-30(28-41-43(37,38)40-26-29(34)25-33)27-39-31(35)23-21-19-17-12-10-8-6-4-2/h29-30,33-34H,3-28H2,1-2H3,(H,37,38)/t29-,30+/m0/s1. The monoisotopic (exact) mass is 638 g/mol. The van der Waals surface area contributed by atoms with E-state index in [-0.39, 0.29) is 19.4 Å². The molecule has 3 atom stereocenters. The Morgan fingerprint density at radius 3 is 1.44 bits per heavy atom. The molecule has 0 heterocycles. The fraction of sp³-hybridized carbons (Fsp3) is 0.938. The summed E-state index contributed by atoms with van der Waals surface area (Å²) in [5.41, 5.74) is 0. The third-order valence-corrected chi connectivity index (χ3v) is 8.21. The summed E-state index contributed by atoms with van der Waals surface area (Å²) in [6.45, 7) is 2.32. The molecule has 0 aromatic heterocycles. The van der Waals surface area contributed by atoms with Gasteiger partial charge in [-0.3, -0.25) is 18.6 Å². The first-order valence-corrected chi connectivity index (χ1v) is 18.5. The Balaban J connectivity index is 4.41. The summed E-state index contributed by atoms with van der Waals surface area (Å²) in [6, 6.07) is 0. The number of phosphoric ester groups is 1. The summed E-state index contributed by atoms with van der Waals surface area (Å²) >= 11 is 0. The van der Waals surface area contributed by atoms with Crippen LogP contribution in [0.1, 0.15) is 155 Å². The van der Waals surface area contributed by atoms with E-state index in [1.165, 1.54) is 77.0 Å². The van der Waals surface area contributed by atoms with Gasteiger partial charge in [-0.1, -0.05) is 129 Å². The van der Waals surface area contributed by atoms with Crippen LogP contribution in [0.4, 0.5) is 0 Å². The Morgan fingerprint density at radius 1 is 0.605 bits per heavy atom. The predicted molar refractivity (Wildman–Crippen MR) is 169 cm³/mol. The summed E-state index contributed by atoms with van der Waals surface area (Å²) in [4.78, 5) is 34.5. The lowest BCUT2D eigenvalue weighted by Crippen LogP contribution is -2.29. The molecule has 0 rings (SSSR count). The van der Waals surface area contributed by atoms with Crippen LogP contribution in [0.15, 0.2) is 0 Å². The van der Waals surface area contributed by atoms with Crippen molar-refractivity contribution in [2.45, 2.75) is 167 Å². The van der Waals surface area contributed by atoms with Gasteiger partial charge in [0.1, 0.15) is 12.7 Å². The number of aliphatic hydroxyl groups is 2. The van der Waals surface area contributed by atoms with Gasteiger partial charge in [0.15, 0.2) is 6.10 Å². The average Bonchev–Trinajstić information content (AvgIpc) is 2.99. The first-order chi connectivity index (χ1) is 20.7. The molecule has 0 bridgehead atoms. The Morgan fingerprint density at radius 2 is 1.00 bits per heavy atom. The number of hydrogen-bond acceptors (Lipinski definition) is 9. The van der Waals surface area contributed by atoms with Crippen LogP contribution in [-0.4, -0.2) is 65.7 Å². The third-order valence-electron chi connectivity index (χ3n) is 7.26. The van der Waals surface area contributed by atoms with Gasteiger partial charge in [0.05, 0.1) is 19.8 Å². The van der Waals surface area contributed by atoms with Gasteiger partial charge in [0.2, 0.25) is 0 Å². The first kappa shape index (κ1) is 42.0. The van der Waals surface area contributed by atoms with Crippen molar-refractivity contribution in [1.29, 1.82) is 0 Å². The van der Waals surface area contributed by atoms with Crippen LogP contribution in [0.25, 0.3) is 0 Å². The van der Waals surface area contributed by atoms with Crippen LogP contribution in [-0.2, 0) is 32.7 Å². The molecule has 0 saturated carbocycles. The highest BCUT2D eigenvalue weighted by molar-refractivity contribution is 7.47. The molecule has 0 spiro atoms. The first-order valence-electron chi connectivity index (χ1n) is 17.0. The molecule has 0 aliphatic heterocycles. The molecule has 256 valence electrons. The maximum atomic E-state index is 12.5.